The van der Waals surface area contributed by atoms with Crippen molar-refractivity contribution in [2.24, 2.45) is 0 Å². The number of nitrogens with zero attached hydrogens (tertiary/aromatic N) is 1. The number of rotatable bonds is 1. The summed E-state index contributed by atoms with van der Waals surface area (Å²) in [6.45, 7) is 9.88. The molecule has 0 aromatic heterocycles. The Balaban J connectivity index is 2.14. The number of ether oxygens (including phenoxy) is 2. The van der Waals surface area contributed by atoms with Gasteiger partial charge in [0.25, 0.3) is 0 Å². The van der Waals surface area contributed by atoms with Gasteiger partial charge in [0.15, 0.2) is 0 Å². The molecule has 0 bridgehead atoms. The lowest BCUT2D eigenvalue weighted by molar-refractivity contribution is -0.0789. The highest BCUT2D eigenvalue weighted by Crippen LogP contribution is 2.36. The molecule has 0 aliphatic carbocycles. The van der Waals surface area contributed by atoms with Gasteiger partial charge >= 0.3 is 6.09 Å². The lowest BCUT2D eigenvalue weighted by Crippen LogP contribution is -2.46. The van der Waals surface area contributed by atoms with Gasteiger partial charge in [0, 0.05) is 0 Å². The first-order valence-electron chi connectivity index (χ1n) is 6.92. The van der Waals surface area contributed by atoms with Crippen LogP contribution in [0.2, 0.25) is 0 Å². The molecule has 1 aliphatic heterocycles. The Morgan fingerprint density at radius 2 is 1.90 bits per heavy atom. The van der Waals surface area contributed by atoms with Crippen molar-refractivity contribution in [3.63, 3.8) is 0 Å². The maximum absolute atomic E-state index is 12.3. The standard InChI is InChI=1S/C16H23NO3/c1-15(2,3)20-14(18)17-11-13(19-16(17,4)5)12-9-7-6-8-10-12/h6-10,13H,11H2,1-5H3/t13-/m0/s1. The Morgan fingerprint density at radius 3 is 2.45 bits per heavy atom. The van der Waals surface area contributed by atoms with E-state index in [0.29, 0.717) is 6.54 Å². The average molecular weight is 277 g/mol. The largest absolute Gasteiger partial charge is 0.444 e. The second kappa shape index (κ2) is 5.09. The third-order valence-electron chi connectivity index (χ3n) is 3.21. The van der Waals surface area contributed by atoms with Gasteiger partial charge in [-0.3, -0.25) is 4.90 Å². The zero-order valence-corrected chi connectivity index (χ0v) is 12.8. The molecule has 1 aromatic rings. The molecule has 1 amide bonds. The van der Waals surface area contributed by atoms with Crippen molar-refractivity contribution < 1.29 is 14.3 Å². The van der Waals surface area contributed by atoms with Crippen molar-refractivity contribution in [3.8, 4) is 0 Å². The predicted octanol–water partition coefficient (Wildman–Crippen LogP) is 3.73. The van der Waals surface area contributed by atoms with Crippen molar-refractivity contribution in [2.75, 3.05) is 6.54 Å². The van der Waals surface area contributed by atoms with Crippen LogP contribution in [0.1, 0.15) is 46.3 Å². The molecule has 20 heavy (non-hydrogen) atoms. The highest BCUT2D eigenvalue weighted by atomic mass is 16.6. The smallest absolute Gasteiger partial charge is 0.412 e. The van der Waals surface area contributed by atoms with E-state index in [9.17, 15) is 4.79 Å². The van der Waals surface area contributed by atoms with E-state index in [4.69, 9.17) is 9.47 Å². The Bertz CT molecular complexity index is 476. The van der Waals surface area contributed by atoms with Crippen LogP contribution in [0.3, 0.4) is 0 Å². The van der Waals surface area contributed by atoms with Gasteiger partial charge in [0.2, 0.25) is 0 Å². The third kappa shape index (κ3) is 3.31. The molecule has 0 radical (unpaired) electrons. The first-order chi connectivity index (χ1) is 9.19. The Kier molecular flexibility index (Phi) is 3.78. The Morgan fingerprint density at radius 1 is 1.30 bits per heavy atom. The van der Waals surface area contributed by atoms with Crippen LogP contribution in [0.25, 0.3) is 0 Å². The van der Waals surface area contributed by atoms with Crippen molar-refractivity contribution in [2.45, 2.75) is 52.0 Å². The molecule has 4 nitrogen and oxygen atoms in total. The fourth-order valence-corrected chi connectivity index (χ4v) is 2.29. The SMILES string of the molecule is CC(C)(C)OC(=O)N1C[C@@H](c2ccccc2)OC1(C)C. The molecule has 0 unspecified atom stereocenters. The van der Waals surface area contributed by atoms with Crippen LogP contribution >= 0.6 is 0 Å². The first-order valence-corrected chi connectivity index (χ1v) is 6.92. The van der Waals surface area contributed by atoms with Crippen molar-refractivity contribution in [3.05, 3.63) is 35.9 Å². The van der Waals surface area contributed by atoms with Crippen LogP contribution in [0, 0.1) is 0 Å². The maximum atomic E-state index is 12.3. The minimum absolute atomic E-state index is 0.112. The van der Waals surface area contributed by atoms with Gasteiger partial charge in [-0.25, -0.2) is 4.79 Å². The van der Waals surface area contributed by atoms with Crippen LogP contribution in [-0.2, 0) is 9.47 Å². The highest BCUT2D eigenvalue weighted by Gasteiger charge is 2.44. The van der Waals surface area contributed by atoms with Gasteiger partial charge in [-0.05, 0) is 40.2 Å². The summed E-state index contributed by atoms with van der Waals surface area (Å²) >= 11 is 0. The van der Waals surface area contributed by atoms with Gasteiger partial charge in [-0.2, -0.15) is 0 Å². The molecule has 1 aromatic carbocycles. The number of hydrogen-bond donors (Lipinski definition) is 0. The molecular formula is C16H23NO3. The van der Waals surface area contributed by atoms with E-state index in [1.165, 1.54) is 0 Å². The van der Waals surface area contributed by atoms with E-state index in [1.54, 1.807) is 4.90 Å². The minimum atomic E-state index is -0.664. The van der Waals surface area contributed by atoms with E-state index < -0.39 is 11.3 Å². The third-order valence-corrected chi connectivity index (χ3v) is 3.21. The molecule has 0 N–H and O–H groups in total. The van der Waals surface area contributed by atoms with Gasteiger partial charge in [-0.15, -0.1) is 0 Å². The van der Waals surface area contributed by atoms with Gasteiger partial charge < -0.3 is 9.47 Å². The lowest BCUT2D eigenvalue weighted by atomic mass is 10.1. The van der Waals surface area contributed by atoms with Crippen LogP contribution in [0.4, 0.5) is 4.79 Å². The number of hydrogen-bond acceptors (Lipinski definition) is 3. The van der Waals surface area contributed by atoms with Crippen molar-refractivity contribution in [1.29, 1.82) is 0 Å². The van der Waals surface area contributed by atoms with Crippen molar-refractivity contribution >= 4 is 6.09 Å². The number of benzene rings is 1. The number of amides is 1. The maximum Gasteiger partial charge on any atom is 0.412 e. The van der Waals surface area contributed by atoms with Crippen LogP contribution < -0.4 is 0 Å². The Labute approximate surface area is 120 Å². The van der Waals surface area contributed by atoms with Crippen LogP contribution in [-0.4, -0.2) is 28.9 Å². The minimum Gasteiger partial charge on any atom is -0.444 e. The molecule has 0 spiro atoms. The van der Waals surface area contributed by atoms with Gasteiger partial charge in [0.05, 0.1) is 6.54 Å². The monoisotopic (exact) mass is 277 g/mol. The summed E-state index contributed by atoms with van der Waals surface area (Å²) in [5.74, 6) is 0. The van der Waals surface area contributed by atoms with Gasteiger partial charge in [0.1, 0.15) is 17.4 Å². The summed E-state index contributed by atoms with van der Waals surface area (Å²) in [7, 11) is 0. The van der Waals surface area contributed by atoms with Crippen molar-refractivity contribution in [1.82, 2.24) is 4.90 Å². The predicted molar refractivity (Wildman–Crippen MR) is 77.3 cm³/mol. The zero-order chi connectivity index (χ0) is 15.0. The zero-order valence-electron chi connectivity index (χ0n) is 12.8. The Hall–Kier alpha value is -1.55. The van der Waals surface area contributed by atoms with Crippen LogP contribution in [0.15, 0.2) is 30.3 Å². The summed E-state index contributed by atoms with van der Waals surface area (Å²) in [6.07, 6.45) is -0.445. The highest BCUT2D eigenvalue weighted by molar-refractivity contribution is 5.69. The summed E-state index contributed by atoms with van der Waals surface area (Å²) in [4.78, 5) is 13.9. The summed E-state index contributed by atoms with van der Waals surface area (Å²) in [5, 5.41) is 0. The molecule has 1 atom stereocenters. The normalized spacial score (nSPS) is 21.9. The molecule has 110 valence electrons. The second-order valence-electron chi connectivity index (χ2n) is 6.55. The average Bonchev–Trinajstić information content (AvgIpc) is 2.64. The number of carbonyl (C=O) groups is 1. The molecule has 1 aliphatic rings. The quantitative estimate of drug-likeness (QED) is 0.785. The molecule has 1 fully saturated rings. The van der Waals surface area contributed by atoms with E-state index >= 15 is 0 Å². The van der Waals surface area contributed by atoms with Gasteiger partial charge in [-0.1, -0.05) is 30.3 Å². The molecule has 4 heteroatoms. The number of carbonyl (C=O) groups excluding carboxylic acids is 1. The van der Waals surface area contributed by atoms with E-state index in [0.717, 1.165) is 5.56 Å². The molecule has 2 rings (SSSR count). The van der Waals surface area contributed by atoms with E-state index in [-0.39, 0.29) is 12.2 Å². The topological polar surface area (TPSA) is 38.8 Å². The summed E-state index contributed by atoms with van der Waals surface area (Å²) < 4.78 is 11.5. The second-order valence-corrected chi connectivity index (χ2v) is 6.55. The molecule has 1 saturated heterocycles. The molecule has 1 heterocycles. The first kappa shape index (κ1) is 14.9. The summed E-state index contributed by atoms with van der Waals surface area (Å²) in [5.41, 5.74) is -0.0902. The van der Waals surface area contributed by atoms with E-state index in [1.807, 2.05) is 65.0 Å². The van der Waals surface area contributed by atoms with Crippen LogP contribution in [0.5, 0.6) is 0 Å². The molecule has 0 saturated carbocycles. The van der Waals surface area contributed by atoms with E-state index in [2.05, 4.69) is 0 Å². The molecular weight excluding hydrogens is 254 g/mol. The summed E-state index contributed by atoms with van der Waals surface area (Å²) in [6, 6.07) is 9.94. The lowest BCUT2D eigenvalue weighted by Gasteiger charge is -2.31. The fourth-order valence-electron chi connectivity index (χ4n) is 2.29. The fraction of sp³-hybridized carbons (Fsp3) is 0.562.